The summed E-state index contributed by atoms with van der Waals surface area (Å²) < 4.78 is 0. The van der Waals surface area contributed by atoms with Gasteiger partial charge in [0.25, 0.3) is 0 Å². The van der Waals surface area contributed by atoms with E-state index in [4.69, 9.17) is 0 Å². The van der Waals surface area contributed by atoms with Gasteiger partial charge in [0.2, 0.25) is 0 Å². The average Bonchev–Trinajstić information content (AvgIpc) is 2.17. The third-order valence-corrected chi connectivity index (χ3v) is 0.983. The van der Waals surface area contributed by atoms with Gasteiger partial charge in [-0.1, -0.05) is 6.08 Å². The minimum atomic E-state index is 0.546. The smallest absolute Gasteiger partial charge is 0.0148 e. The molecule has 1 atom stereocenters. The summed E-state index contributed by atoms with van der Waals surface area (Å²) in [6.45, 7) is 0. The SMILES string of the molecule is C1=N[N-]C2=C[C@@H]12. The van der Waals surface area contributed by atoms with E-state index in [-0.39, 0.29) is 0 Å². The molecular weight excluding hydrogens is 76.1 g/mol. The largest absolute Gasteiger partial charge is 0.579 e. The molecule has 2 rings (SSSR count). The van der Waals surface area contributed by atoms with Crippen LogP contribution in [0.25, 0.3) is 5.43 Å². The Hall–Kier alpha value is -0.790. The number of allylic oxidation sites excluding steroid dienone is 2. The first-order valence-electron chi connectivity index (χ1n) is 1.93. The Bertz CT molecular complexity index is 134. The molecular formula is C4H3N2-. The monoisotopic (exact) mass is 79.0 g/mol. The summed E-state index contributed by atoms with van der Waals surface area (Å²) in [6.07, 6.45) is 3.92. The Morgan fingerprint density at radius 3 is 3.00 bits per heavy atom. The third kappa shape index (κ3) is 0.125. The summed E-state index contributed by atoms with van der Waals surface area (Å²) in [6, 6.07) is 0. The Kier molecular flexibility index (Phi) is 0.204. The van der Waals surface area contributed by atoms with E-state index >= 15 is 0 Å². The van der Waals surface area contributed by atoms with Crippen molar-refractivity contribution < 1.29 is 0 Å². The van der Waals surface area contributed by atoms with Crippen LogP contribution in [-0.2, 0) is 0 Å². The zero-order chi connectivity index (χ0) is 3.98. The van der Waals surface area contributed by atoms with Crippen molar-refractivity contribution in [2.24, 2.45) is 11.0 Å². The van der Waals surface area contributed by atoms with E-state index in [1.54, 1.807) is 0 Å². The van der Waals surface area contributed by atoms with Crippen molar-refractivity contribution in [2.45, 2.75) is 0 Å². The predicted molar refractivity (Wildman–Crippen MR) is 23.4 cm³/mol. The number of fused-ring (bicyclic) bond motifs is 1. The van der Waals surface area contributed by atoms with Crippen LogP contribution in [0.3, 0.4) is 0 Å². The van der Waals surface area contributed by atoms with Crippen LogP contribution in [0.15, 0.2) is 16.9 Å². The highest BCUT2D eigenvalue weighted by atomic mass is 15.3. The minimum absolute atomic E-state index is 0.546. The van der Waals surface area contributed by atoms with Crippen LogP contribution in [0, 0.1) is 5.92 Å². The van der Waals surface area contributed by atoms with E-state index in [0.29, 0.717) is 5.92 Å². The molecule has 0 fully saturated rings. The molecule has 6 heavy (non-hydrogen) atoms. The zero-order valence-electron chi connectivity index (χ0n) is 3.13. The van der Waals surface area contributed by atoms with Crippen molar-refractivity contribution >= 4 is 6.21 Å². The number of hydrogen-bond acceptors (Lipinski definition) is 1. The molecule has 30 valence electrons. The molecule has 1 heterocycles. The van der Waals surface area contributed by atoms with Crippen LogP contribution >= 0.6 is 0 Å². The number of hydrogen-bond donors (Lipinski definition) is 0. The quantitative estimate of drug-likeness (QED) is 0.412. The van der Waals surface area contributed by atoms with E-state index in [1.165, 1.54) is 0 Å². The van der Waals surface area contributed by atoms with Crippen LogP contribution in [0.5, 0.6) is 0 Å². The number of nitrogens with zero attached hydrogens (tertiary/aromatic N) is 2. The molecule has 0 aromatic rings. The van der Waals surface area contributed by atoms with Gasteiger partial charge in [0, 0.05) is 5.92 Å². The topological polar surface area (TPSA) is 26.5 Å². The fourth-order valence-electron chi connectivity index (χ4n) is 0.527. The molecule has 2 aliphatic rings. The van der Waals surface area contributed by atoms with Gasteiger partial charge in [-0.3, -0.25) is 0 Å². The molecule has 1 aliphatic carbocycles. The maximum Gasteiger partial charge on any atom is 0.0148 e. The Morgan fingerprint density at radius 1 is 1.83 bits per heavy atom. The van der Waals surface area contributed by atoms with Gasteiger partial charge < -0.3 is 10.5 Å². The fraction of sp³-hybridized carbons (Fsp3) is 0.250. The molecule has 0 radical (unpaired) electrons. The van der Waals surface area contributed by atoms with Gasteiger partial charge in [-0.15, -0.1) is 5.70 Å². The second-order valence-corrected chi connectivity index (χ2v) is 1.48. The first kappa shape index (κ1) is 2.39. The van der Waals surface area contributed by atoms with Crippen molar-refractivity contribution in [1.82, 2.24) is 0 Å². The van der Waals surface area contributed by atoms with Gasteiger partial charge in [0.1, 0.15) is 0 Å². The zero-order valence-corrected chi connectivity index (χ0v) is 3.13. The summed E-state index contributed by atoms with van der Waals surface area (Å²) >= 11 is 0. The van der Waals surface area contributed by atoms with E-state index in [2.05, 4.69) is 16.6 Å². The fourth-order valence-corrected chi connectivity index (χ4v) is 0.527. The minimum Gasteiger partial charge on any atom is -0.579 e. The average molecular weight is 79.1 g/mol. The molecule has 0 bridgehead atoms. The van der Waals surface area contributed by atoms with Crippen molar-refractivity contribution in [1.29, 1.82) is 0 Å². The summed E-state index contributed by atoms with van der Waals surface area (Å²) in [5.74, 6) is 0.546. The molecule has 0 N–H and O–H groups in total. The van der Waals surface area contributed by atoms with Crippen molar-refractivity contribution in [3.8, 4) is 0 Å². The summed E-state index contributed by atoms with van der Waals surface area (Å²) in [5.41, 5.74) is 4.89. The van der Waals surface area contributed by atoms with E-state index in [1.807, 2.05) is 6.21 Å². The lowest BCUT2D eigenvalue weighted by molar-refractivity contribution is 1.37. The summed E-state index contributed by atoms with van der Waals surface area (Å²) in [5, 5.41) is 3.65. The molecule has 1 aliphatic heterocycles. The van der Waals surface area contributed by atoms with Gasteiger partial charge >= 0.3 is 0 Å². The normalized spacial score (nSPS) is 34.7. The van der Waals surface area contributed by atoms with Crippen LogP contribution in [0.2, 0.25) is 0 Å². The molecule has 0 saturated carbocycles. The van der Waals surface area contributed by atoms with Crippen LogP contribution in [0.1, 0.15) is 0 Å². The van der Waals surface area contributed by atoms with Gasteiger partial charge in [-0.2, -0.15) is 0 Å². The van der Waals surface area contributed by atoms with Crippen LogP contribution < -0.4 is 0 Å². The molecule has 2 nitrogen and oxygen atoms in total. The van der Waals surface area contributed by atoms with Gasteiger partial charge in [-0.05, 0) is 6.21 Å². The highest BCUT2D eigenvalue weighted by Crippen LogP contribution is 2.36. The highest BCUT2D eigenvalue weighted by molar-refractivity contribution is 5.81. The molecule has 0 aromatic carbocycles. The standard InChI is InChI=1S/C4H3N2/c1-3-2-5-6-4(1)3/h1-3H/q-1/t3-/m0/s1. The number of rotatable bonds is 0. The Morgan fingerprint density at radius 2 is 2.83 bits per heavy atom. The van der Waals surface area contributed by atoms with Crippen molar-refractivity contribution in [3.05, 3.63) is 17.2 Å². The lowest BCUT2D eigenvalue weighted by Gasteiger charge is -1.98. The Balaban J connectivity index is 2.36. The van der Waals surface area contributed by atoms with Crippen molar-refractivity contribution in [3.63, 3.8) is 0 Å². The van der Waals surface area contributed by atoms with Crippen molar-refractivity contribution in [2.75, 3.05) is 0 Å². The Labute approximate surface area is 35.5 Å². The lowest BCUT2D eigenvalue weighted by Crippen LogP contribution is -1.68. The van der Waals surface area contributed by atoms with Gasteiger partial charge in [-0.25, -0.2) is 0 Å². The second-order valence-electron chi connectivity index (χ2n) is 1.48. The van der Waals surface area contributed by atoms with Crippen LogP contribution in [0.4, 0.5) is 0 Å². The second kappa shape index (κ2) is 0.511. The molecule has 0 amide bonds. The predicted octanol–water partition coefficient (Wildman–Crippen LogP) is 0.873. The first-order valence-corrected chi connectivity index (χ1v) is 1.93. The summed E-state index contributed by atoms with van der Waals surface area (Å²) in [4.78, 5) is 0. The lowest BCUT2D eigenvalue weighted by atomic mass is 10.4. The third-order valence-electron chi connectivity index (χ3n) is 0.983. The van der Waals surface area contributed by atoms with Crippen LogP contribution in [-0.4, -0.2) is 6.21 Å². The van der Waals surface area contributed by atoms with Gasteiger partial charge in [0.15, 0.2) is 0 Å². The maximum atomic E-state index is 3.74. The molecule has 0 saturated heterocycles. The highest BCUT2D eigenvalue weighted by Gasteiger charge is 2.15. The van der Waals surface area contributed by atoms with E-state index in [9.17, 15) is 0 Å². The van der Waals surface area contributed by atoms with E-state index < -0.39 is 0 Å². The molecule has 0 aromatic heterocycles. The molecule has 0 unspecified atom stereocenters. The van der Waals surface area contributed by atoms with E-state index in [0.717, 1.165) is 5.70 Å². The summed E-state index contributed by atoms with van der Waals surface area (Å²) in [7, 11) is 0. The molecule has 2 heteroatoms. The first-order chi connectivity index (χ1) is 2.97. The molecule has 0 spiro atoms. The van der Waals surface area contributed by atoms with Gasteiger partial charge in [0.05, 0.1) is 0 Å². The maximum absolute atomic E-state index is 3.74.